The van der Waals surface area contributed by atoms with Gasteiger partial charge in [0, 0.05) is 25.7 Å². The minimum atomic E-state index is -1.25. The zero-order valence-electron chi connectivity index (χ0n) is 21.8. The van der Waals surface area contributed by atoms with Gasteiger partial charge in [-0.2, -0.15) is 0 Å². The molecule has 3 rings (SSSR count). The third kappa shape index (κ3) is 7.77. The van der Waals surface area contributed by atoms with Gasteiger partial charge in [-0.05, 0) is 42.0 Å². The van der Waals surface area contributed by atoms with E-state index in [0.29, 0.717) is 22.6 Å². The lowest BCUT2D eigenvalue weighted by molar-refractivity contribution is -0.162. The Hall–Kier alpha value is -3.97. The number of rotatable bonds is 12. The summed E-state index contributed by atoms with van der Waals surface area (Å²) >= 11 is 0. The van der Waals surface area contributed by atoms with E-state index in [1.165, 1.54) is 58.6 Å². The molecule has 0 amide bonds. The van der Waals surface area contributed by atoms with Gasteiger partial charge in [0.2, 0.25) is 0 Å². The van der Waals surface area contributed by atoms with E-state index in [0.717, 1.165) is 0 Å². The topological polar surface area (TPSA) is 156 Å². The Balaban J connectivity index is 1.57. The molecule has 0 aromatic heterocycles. The molecule has 0 radical (unpaired) electrons. The molecule has 12 nitrogen and oxygen atoms in total. The minimum Gasteiger partial charge on any atom is -0.493 e. The Morgan fingerprint density at radius 2 is 1.62 bits per heavy atom. The van der Waals surface area contributed by atoms with Crippen LogP contribution in [0.25, 0.3) is 6.08 Å². The van der Waals surface area contributed by atoms with E-state index < -0.39 is 36.5 Å². The molecule has 2 N–H and O–H groups in total. The number of Topliss-reactive ketones (excluding diaryl/α,β-unsaturated/α-hetero) is 1. The first kappa shape index (κ1) is 29.6. The monoisotopic (exact) mass is 546 g/mol. The normalized spacial score (nSPS) is 20.5. The first-order valence-corrected chi connectivity index (χ1v) is 11.8. The fraction of sp³-hybridized carbons (Fsp3) is 0.370. The Labute approximate surface area is 224 Å². The van der Waals surface area contributed by atoms with Gasteiger partial charge in [-0.1, -0.05) is 6.07 Å². The molecule has 39 heavy (non-hydrogen) atoms. The van der Waals surface area contributed by atoms with E-state index in [4.69, 9.17) is 33.2 Å². The van der Waals surface area contributed by atoms with Gasteiger partial charge < -0.3 is 43.4 Å². The van der Waals surface area contributed by atoms with Crippen LogP contribution in [0.15, 0.2) is 42.5 Å². The average molecular weight is 547 g/mol. The number of ketones is 1. The zero-order chi connectivity index (χ0) is 28.5. The largest absolute Gasteiger partial charge is 0.493 e. The highest BCUT2D eigenvalue weighted by atomic mass is 16.7. The molecular weight excluding hydrogens is 516 g/mol. The summed E-state index contributed by atoms with van der Waals surface area (Å²) in [5.41, 5.74) is 0.878. The van der Waals surface area contributed by atoms with Crippen molar-refractivity contribution in [2.24, 2.45) is 0 Å². The molecule has 4 atom stereocenters. The van der Waals surface area contributed by atoms with E-state index in [2.05, 4.69) is 0 Å². The lowest BCUT2D eigenvalue weighted by Gasteiger charge is -2.13. The summed E-state index contributed by atoms with van der Waals surface area (Å²) in [5.74, 6) is -0.515. The van der Waals surface area contributed by atoms with Crippen LogP contribution in [0.1, 0.15) is 22.8 Å². The molecular formula is C27H30O12. The van der Waals surface area contributed by atoms with Gasteiger partial charge >= 0.3 is 11.9 Å². The molecule has 0 bridgehead atoms. The highest BCUT2D eigenvalue weighted by Crippen LogP contribution is 2.30. The number of carbonyl (C=O) groups is 3. The van der Waals surface area contributed by atoms with Crippen molar-refractivity contribution in [3.05, 3.63) is 53.6 Å². The van der Waals surface area contributed by atoms with Crippen LogP contribution in [-0.2, 0) is 23.8 Å². The molecule has 0 aliphatic carbocycles. The lowest BCUT2D eigenvalue weighted by Crippen LogP contribution is -2.35. The van der Waals surface area contributed by atoms with Crippen molar-refractivity contribution < 1.29 is 57.8 Å². The van der Waals surface area contributed by atoms with Crippen molar-refractivity contribution in [1.29, 1.82) is 0 Å². The van der Waals surface area contributed by atoms with E-state index in [1.54, 1.807) is 18.2 Å². The zero-order valence-corrected chi connectivity index (χ0v) is 21.8. The van der Waals surface area contributed by atoms with Crippen LogP contribution in [0.5, 0.6) is 23.0 Å². The fourth-order valence-corrected chi connectivity index (χ4v) is 3.64. The molecule has 2 aromatic rings. The molecule has 1 heterocycles. The first-order valence-electron chi connectivity index (χ1n) is 11.8. The second-order valence-corrected chi connectivity index (χ2v) is 8.30. The molecule has 0 spiro atoms. The highest BCUT2D eigenvalue weighted by Gasteiger charge is 2.43. The third-order valence-corrected chi connectivity index (χ3v) is 5.64. The maximum absolute atomic E-state index is 12.7. The van der Waals surface area contributed by atoms with Gasteiger partial charge in [0.1, 0.15) is 24.9 Å². The fourth-order valence-electron chi connectivity index (χ4n) is 3.64. The smallest absolute Gasteiger partial charge is 0.330 e. The molecule has 0 unspecified atom stereocenters. The van der Waals surface area contributed by atoms with E-state index in [-0.39, 0.29) is 30.5 Å². The number of aliphatic hydroxyl groups is 2. The highest BCUT2D eigenvalue weighted by molar-refractivity contribution is 5.98. The molecule has 1 aliphatic heterocycles. The number of hydrogen-bond donors (Lipinski definition) is 2. The van der Waals surface area contributed by atoms with E-state index in [9.17, 15) is 24.6 Å². The van der Waals surface area contributed by atoms with Gasteiger partial charge in [0.05, 0.1) is 14.2 Å². The second kappa shape index (κ2) is 13.7. The van der Waals surface area contributed by atoms with Crippen LogP contribution < -0.4 is 18.9 Å². The maximum atomic E-state index is 12.7. The van der Waals surface area contributed by atoms with Crippen molar-refractivity contribution in [1.82, 2.24) is 0 Å². The standard InChI is InChI=1S/C27H30O12/c1-15(28)38-20-9-7-17(12-22(20)34-3)18(29)13-36-19-8-5-16(11-21(19)33-2)6-10-24(30)37-14-23-25(31)26(32)27(35-4)39-23/h5-12,23,25-27,31-32H,13-14H2,1-4H3/b10-6+/t23-,25-,26+,27+/m0/s1. The summed E-state index contributed by atoms with van der Waals surface area (Å²) in [6.45, 7) is 0.681. The molecule has 210 valence electrons. The molecule has 1 aliphatic rings. The summed E-state index contributed by atoms with van der Waals surface area (Å²) in [7, 11) is 4.15. The quantitative estimate of drug-likeness (QED) is 0.172. The van der Waals surface area contributed by atoms with Crippen LogP contribution in [0.2, 0.25) is 0 Å². The Kier molecular flexibility index (Phi) is 10.4. The first-order chi connectivity index (χ1) is 18.7. The van der Waals surface area contributed by atoms with Crippen molar-refractivity contribution in [3.63, 3.8) is 0 Å². The van der Waals surface area contributed by atoms with Crippen molar-refractivity contribution in [2.45, 2.75) is 31.5 Å². The van der Waals surface area contributed by atoms with Crippen LogP contribution in [-0.4, -0.2) is 87.1 Å². The van der Waals surface area contributed by atoms with Crippen molar-refractivity contribution in [3.8, 4) is 23.0 Å². The van der Waals surface area contributed by atoms with Crippen LogP contribution in [0.4, 0.5) is 0 Å². The molecule has 0 saturated carbocycles. The number of benzene rings is 2. The summed E-state index contributed by atoms with van der Waals surface area (Å²) in [6.07, 6.45) is -1.76. The van der Waals surface area contributed by atoms with Gasteiger partial charge in [0.25, 0.3) is 0 Å². The molecule has 1 saturated heterocycles. The average Bonchev–Trinajstić information content (AvgIpc) is 3.21. The maximum Gasteiger partial charge on any atom is 0.330 e. The predicted octanol–water partition coefficient (Wildman–Crippen LogP) is 1.54. The Bertz CT molecular complexity index is 1210. The summed E-state index contributed by atoms with van der Waals surface area (Å²) < 4.78 is 36.5. The molecule has 2 aromatic carbocycles. The summed E-state index contributed by atoms with van der Waals surface area (Å²) in [4.78, 5) is 36.0. The summed E-state index contributed by atoms with van der Waals surface area (Å²) in [6, 6.07) is 9.23. The van der Waals surface area contributed by atoms with Crippen LogP contribution in [0.3, 0.4) is 0 Å². The molecule has 1 fully saturated rings. The van der Waals surface area contributed by atoms with Crippen LogP contribution in [0, 0.1) is 0 Å². The van der Waals surface area contributed by atoms with Crippen LogP contribution >= 0.6 is 0 Å². The van der Waals surface area contributed by atoms with E-state index in [1.807, 2.05) is 0 Å². The molecule has 12 heteroatoms. The third-order valence-electron chi connectivity index (χ3n) is 5.64. The lowest BCUT2D eigenvalue weighted by atomic mass is 10.1. The number of esters is 2. The Morgan fingerprint density at radius 1 is 0.923 bits per heavy atom. The van der Waals surface area contributed by atoms with Crippen molar-refractivity contribution >= 4 is 23.8 Å². The summed E-state index contributed by atoms with van der Waals surface area (Å²) in [5, 5.41) is 19.7. The van der Waals surface area contributed by atoms with Gasteiger partial charge in [0.15, 0.2) is 41.7 Å². The number of methoxy groups -OCH3 is 3. The van der Waals surface area contributed by atoms with E-state index >= 15 is 0 Å². The number of hydrogen-bond acceptors (Lipinski definition) is 12. The Morgan fingerprint density at radius 3 is 2.26 bits per heavy atom. The number of ether oxygens (including phenoxy) is 7. The van der Waals surface area contributed by atoms with Gasteiger partial charge in [-0.15, -0.1) is 0 Å². The SMILES string of the molecule is COc1cc(/C=C/C(=O)OC[C@@H]2O[C@@H](OC)[C@H](O)[C@H]2O)ccc1OCC(=O)c1ccc(OC(C)=O)c(OC)c1. The van der Waals surface area contributed by atoms with Gasteiger partial charge in [-0.25, -0.2) is 4.79 Å². The van der Waals surface area contributed by atoms with Crippen molar-refractivity contribution in [2.75, 3.05) is 34.5 Å². The predicted molar refractivity (Wildman–Crippen MR) is 135 cm³/mol. The number of carbonyl (C=O) groups excluding carboxylic acids is 3. The minimum absolute atomic E-state index is 0.194. The van der Waals surface area contributed by atoms with Gasteiger partial charge in [-0.3, -0.25) is 9.59 Å². The second-order valence-electron chi connectivity index (χ2n) is 8.30. The number of aliphatic hydroxyl groups excluding tert-OH is 2.